The van der Waals surface area contributed by atoms with Crippen molar-refractivity contribution < 1.29 is 27.5 Å². The second-order valence-corrected chi connectivity index (χ2v) is 10.2. The molecule has 0 aliphatic carbocycles. The molecule has 2 aromatic carbocycles. The van der Waals surface area contributed by atoms with E-state index in [1.54, 1.807) is 17.0 Å². The average molecular weight is 488 g/mol. The highest BCUT2D eigenvalue weighted by atomic mass is 32.2. The number of morpholine rings is 1. The van der Waals surface area contributed by atoms with Gasteiger partial charge in [0.05, 0.1) is 30.8 Å². The van der Waals surface area contributed by atoms with Crippen molar-refractivity contribution in [2.75, 3.05) is 46.5 Å². The zero-order chi connectivity index (χ0) is 24.1. The molecule has 2 amide bonds. The molecule has 182 valence electrons. The van der Waals surface area contributed by atoms with Crippen LogP contribution < -0.4 is 10.1 Å². The van der Waals surface area contributed by atoms with Crippen molar-refractivity contribution in [1.29, 1.82) is 0 Å². The molecule has 4 rings (SSSR count). The quantitative estimate of drug-likeness (QED) is 0.639. The average Bonchev–Trinajstić information content (AvgIpc) is 3.42. The normalized spacial score (nSPS) is 17.9. The van der Waals surface area contributed by atoms with Crippen molar-refractivity contribution in [1.82, 2.24) is 14.5 Å². The van der Waals surface area contributed by atoms with E-state index in [2.05, 4.69) is 5.32 Å². The number of rotatable bonds is 7. The Kier molecular flexibility index (Phi) is 7.50. The molecule has 0 aromatic heterocycles. The lowest BCUT2D eigenvalue weighted by Crippen LogP contribution is -2.42. The first-order valence-electron chi connectivity index (χ1n) is 11.3. The number of carbonyl (C=O) groups excluding carboxylic acids is 2. The highest BCUT2D eigenvalue weighted by molar-refractivity contribution is 7.89. The van der Waals surface area contributed by atoms with Gasteiger partial charge in [0.1, 0.15) is 11.8 Å². The van der Waals surface area contributed by atoms with E-state index in [0.717, 1.165) is 12.8 Å². The van der Waals surface area contributed by atoms with Gasteiger partial charge in [-0.15, -0.1) is 0 Å². The fourth-order valence-corrected chi connectivity index (χ4v) is 5.66. The van der Waals surface area contributed by atoms with Crippen molar-refractivity contribution in [2.24, 2.45) is 0 Å². The fourth-order valence-electron chi connectivity index (χ4n) is 4.22. The molecule has 1 atom stereocenters. The molecule has 2 heterocycles. The van der Waals surface area contributed by atoms with Crippen molar-refractivity contribution in [3.05, 3.63) is 59.7 Å². The van der Waals surface area contributed by atoms with Crippen LogP contribution in [-0.2, 0) is 19.6 Å². The molecule has 0 unspecified atom stereocenters. The minimum absolute atomic E-state index is 0.0116. The molecule has 10 heteroatoms. The van der Waals surface area contributed by atoms with Gasteiger partial charge in [-0.2, -0.15) is 4.31 Å². The lowest BCUT2D eigenvalue weighted by molar-refractivity contribution is -0.132. The molecule has 2 fully saturated rings. The number of benzene rings is 2. The first-order valence-corrected chi connectivity index (χ1v) is 12.8. The topological polar surface area (TPSA) is 105 Å². The number of carbonyl (C=O) groups is 2. The van der Waals surface area contributed by atoms with Gasteiger partial charge < -0.3 is 19.7 Å². The van der Waals surface area contributed by atoms with E-state index in [0.29, 0.717) is 31.9 Å². The number of nitrogens with one attached hydrogen (secondary N) is 1. The Morgan fingerprint density at radius 2 is 1.68 bits per heavy atom. The minimum Gasteiger partial charge on any atom is -0.496 e. The Bertz CT molecular complexity index is 1130. The van der Waals surface area contributed by atoms with Crippen molar-refractivity contribution >= 4 is 21.8 Å². The predicted molar refractivity (Wildman–Crippen MR) is 125 cm³/mol. The Labute approximate surface area is 199 Å². The number of ether oxygens (including phenoxy) is 2. The van der Waals surface area contributed by atoms with Gasteiger partial charge in [0.25, 0.3) is 5.91 Å². The van der Waals surface area contributed by atoms with Crippen LogP contribution in [0.4, 0.5) is 0 Å². The summed E-state index contributed by atoms with van der Waals surface area (Å²) in [6.45, 7) is 2.43. The molecule has 2 aliphatic rings. The molecule has 2 aliphatic heterocycles. The van der Waals surface area contributed by atoms with Crippen LogP contribution in [0.3, 0.4) is 0 Å². The summed E-state index contributed by atoms with van der Waals surface area (Å²) in [6.07, 6.45) is 1.85. The monoisotopic (exact) mass is 487 g/mol. The summed E-state index contributed by atoms with van der Waals surface area (Å²) in [7, 11) is -2.40. The maximum Gasteiger partial charge on any atom is 0.255 e. The number of amides is 2. The molecule has 0 spiro atoms. The predicted octanol–water partition coefficient (Wildman–Crippen LogP) is 1.81. The van der Waals surface area contributed by atoms with E-state index in [-0.39, 0.29) is 35.2 Å². The number of nitrogens with zero attached hydrogens (tertiary/aromatic N) is 2. The Morgan fingerprint density at radius 1 is 1.00 bits per heavy atom. The SMILES string of the molecule is COc1ccc(S(=O)(=O)N2CCOCC2)cc1C(=O)N[C@@H](C(=O)N1CCCC1)c1ccccc1. The number of likely N-dealkylation sites (tertiary alicyclic amines) is 1. The lowest BCUT2D eigenvalue weighted by Gasteiger charge is -2.26. The fraction of sp³-hybridized carbons (Fsp3) is 0.417. The largest absolute Gasteiger partial charge is 0.496 e. The third-order valence-corrected chi connectivity index (χ3v) is 7.99. The van der Waals surface area contributed by atoms with Crippen LogP contribution >= 0.6 is 0 Å². The van der Waals surface area contributed by atoms with Gasteiger partial charge in [0, 0.05) is 26.2 Å². The Balaban J connectivity index is 1.64. The highest BCUT2D eigenvalue weighted by Crippen LogP contribution is 2.27. The Morgan fingerprint density at radius 3 is 2.32 bits per heavy atom. The maximum atomic E-state index is 13.4. The van der Waals surface area contributed by atoms with E-state index in [1.807, 2.05) is 18.2 Å². The van der Waals surface area contributed by atoms with Crippen LogP contribution in [0.2, 0.25) is 0 Å². The second kappa shape index (κ2) is 10.5. The minimum atomic E-state index is -3.81. The summed E-state index contributed by atoms with van der Waals surface area (Å²) < 4.78 is 38.2. The molecule has 0 radical (unpaired) electrons. The van der Waals surface area contributed by atoms with Crippen LogP contribution in [0.15, 0.2) is 53.4 Å². The maximum absolute atomic E-state index is 13.4. The molecule has 2 saturated heterocycles. The van der Waals surface area contributed by atoms with Gasteiger partial charge in [-0.3, -0.25) is 9.59 Å². The van der Waals surface area contributed by atoms with E-state index >= 15 is 0 Å². The summed E-state index contributed by atoms with van der Waals surface area (Å²) in [4.78, 5) is 28.4. The molecule has 0 saturated carbocycles. The van der Waals surface area contributed by atoms with E-state index < -0.39 is 22.0 Å². The van der Waals surface area contributed by atoms with E-state index in [1.165, 1.54) is 29.6 Å². The van der Waals surface area contributed by atoms with Crippen LogP contribution in [0.1, 0.15) is 34.8 Å². The first kappa shape index (κ1) is 24.2. The smallest absolute Gasteiger partial charge is 0.255 e. The van der Waals surface area contributed by atoms with Crippen molar-refractivity contribution in [2.45, 2.75) is 23.8 Å². The van der Waals surface area contributed by atoms with Gasteiger partial charge in [0.2, 0.25) is 15.9 Å². The van der Waals surface area contributed by atoms with Crippen LogP contribution in [0.5, 0.6) is 5.75 Å². The zero-order valence-corrected chi connectivity index (χ0v) is 19.9. The Hall–Kier alpha value is -2.95. The molecular formula is C24H29N3O6S. The standard InChI is InChI=1S/C24H29N3O6S/c1-32-21-10-9-19(34(30,31)27-13-15-33-16-14-27)17-20(21)23(28)25-22(18-7-3-2-4-8-18)24(29)26-11-5-6-12-26/h2-4,7-10,17,22H,5-6,11-16H2,1H3,(H,25,28)/t22-/m1/s1. The van der Waals surface area contributed by atoms with Crippen molar-refractivity contribution in [3.63, 3.8) is 0 Å². The highest BCUT2D eigenvalue weighted by Gasteiger charge is 2.32. The number of hydrogen-bond donors (Lipinski definition) is 1. The second-order valence-electron chi connectivity index (χ2n) is 8.23. The van der Waals surface area contributed by atoms with Crippen LogP contribution in [0, 0.1) is 0 Å². The van der Waals surface area contributed by atoms with Gasteiger partial charge in [-0.05, 0) is 36.6 Å². The summed E-state index contributed by atoms with van der Waals surface area (Å²) in [5, 5.41) is 2.82. The lowest BCUT2D eigenvalue weighted by atomic mass is 10.0. The van der Waals surface area contributed by atoms with Gasteiger partial charge in [-0.25, -0.2) is 8.42 Å². The molecule has 9 nitrogen and oxygen atoms in total. The molecule has 34 heavy (non-hydrogen) atoms. The van der Waals surface area contributed by atoms with Gasteiger partial charge in [-0.1, -0.05) is 30.3 Å². The summed E-state index contributed by atoms with van der Waals surface area (Å²) in [5.41, 5.74) is 0.704. The van der Waals surface area contributed by atoms with Crippen molar-refractivity contribution in [3.8, 4) is 5.75 Å². The van der Waals surface area contributed by atoms with Crippen LogP contribution in [-0.4, -0.2) is 75.9 Å². The molecule has 0 bridgehead atoms. The summed E-state index contributed by atoms with van der Waals surface area (Å²) in [6, 6.07) is 12.3. The summed E-state index contributed by atoms with van der Waals surface area (Å²) >= 11 is 0. The summed E-state index contributed by atoms with van der Waals surface area (Å²) in [5.74, 6) is -0.552. The third-order valence-electron chi connectivity index (χ3n) is 6.10. The van der Waals surface area contributed by atoms with E-state index in [4.69, 9.17) is 9.47 Å². The molecular weight excluding hydrogens is 458 g/mol. The molecule has 2 aromatic rings. The number of methoxy groups -OCH3 is 1. The third kappa shape index (κ3) is 5.08. The van der Waals surface area contributed by atoms with Crippen LogP contribution in [0.25, 0.3) is 0 Å². The molecule has 1 N–H and O–H groups in total. The zero-order valence-electron chi connectivity index (χ0n) is 19.1. The van der Waals surface area contributed by atoms with E-state index in [9.17, 15) is 18.0 Å². The number of sulfonamides is 1. The van der Waals surface area contributed by atoms with Gasteiger partial charge in [0.15, 0.2) is 0 Å². The van der Waals surface area contributed by atoms with Gasteiger partial charge >= 0.3 is 0 Å². The number of hydrogen-bond acceptors (Lipinski definition) is 6. The first-order chi connectivity index (χ1) is 16.4.